The molecule has 0 amide bonds. The molecule has 0 aliphatic heterocycles. The number of rotatable bonds is 8. The van der Waals surface area contributed by atoms with Crippen LogP contribution in [0.25, 0.3) is 0 Å². The Labute approximate surface area is 86.8 Å². The molecule has 0 aliphatic carbocycles. The SMILES string of the molecule is CCCCCCCO[C@H](C)C(=O)OC. The molecule has 0 saturated carbocycles. The van der Waals surface area contributed by atoms with Gasteiger partial charge in [-0.3, -0.25) is 0 Å². The first-order valence-electron chi connectivity index (χ1n) is 5.41. The molecule has 3 nitrogen and oxygen atoms in total. The standard InChI is InChI=1S/C11H22O3/c1-4-5-6-7-8-9-14-10(2)11(12)13-3/h10H,4-9H2,1-3H3/t10-/m1/s1. The number of esters is 1. The maximum Gasteiger partial charge on any atom is 0.334 e. The summed E-state index contributed by atoms with van der Waals surface area (Å²) >= 11 is 0. The lowest BCUT2D eigenvalue weighted by atomic mass is 10.2. The van der Waals surface area contributed by atoms with Crippen LogP contribution in [0.4, 0.5) is 0 Å². The summed E-state index contributed by atoms with van der Waals surface area (Å²) in [6.07, 6.45) is 5.58. The molecule has 0 spiro atoms. The van der Waals surface area contributed by atoms with Crippen molar-refractivity contribution in [3.63, 3.8) is 0 Å². The molecule has 0 aromatic rings. The topological polar surface area (TPSA) is 35.5 Å². The summed E-state index contributed by atoms with van der Waals surface area (Å²) in [5, 5.41) is 0. The number of unbranched alkanes of at least 4 members (excludes halogenated alkanes) is 4. The van der Waals surface area contributed by atoms with E-state index in [4.69, 9.17) is 4.74 Å². The Kier molecular flexibility index (Phi) is 8.64. The monoisotopic (exact) mass is 202 g/mol. The average molecular weight is 202 g/mol. The molecule has 0 saturated heterocycles. The van der Waals surface area contributed by atoms with Gasteiger partial charge in [0, 0.05) is 6.61 Å². The van der Waals surface area contributed by atoms with Gasteiger partial charge in [-0.05, 0) is 13.3 Å². The first-order valence-corrected chi connectivity index (χ1v) is 5.41. The predicted molar refractivity (Wildman–Crippen MR) is 56.2 cm³/mol. The van der Waals surface area contributed by atoms with Crippen LogP contribution in [0.5, 0.6) is 0 Å². The summed E-state index contributed by atoms with van der Waals surface area (Å²) in [5.74, 6) is -0.293. The Morgan fingerprint density at radius 1 is 1.21 bits per heavy atom. The highest BCUT2D eigenvalue weighted by atomic mass is 16.6. The van der Waals surface area contributed by atoms with Crippen LogP contribution >= 0.6 is 0 Å². The molecule has 84 valence electrons. The lowest BCUT2D eigenvalue weighted by Gasteiger charge is -2.10. The second kappa shape index (κ2) is 9.00. The van der Waals surface area contributed by atoms with E-state index in [0.29, 0.717) is 6.61 Å². The molecular formula is C11H22O3. The van der Waals surface area contributed by atoms with E-state index in [0.717, 1.165) is 6.42 Å². The van der Waals surface area contributed by atoms with E-state index in [2.05, 4.69) is 11.7 Å². The van der Waals surface area contributed by atoms with E-state index in [1.165, 1.54) is 32.8 Å². The Bertz CT molecular complexity index is 145. The highest BCUT2D eigenvalue weighted by Gasteiger charge is 2.12. The Balaban J connectivity index is 3.23. The molecule has 0 bridgehead atoms. The fourth-order valence-electron chi connectivity index (χ4n) is 1.20. The maximum absolute atomic E-state index is 10.9. The van der Waals surface area contributed by atoms with Crippen molar-refractivity contribution in [2.24, 2.45) is 0 Å². The highest BCUT2D eigenvalue weighted by Crippen LogP contribution is 2.03. The molecule has 0 heterocycles. The van der Waals surface area contributed by atoms with Crippen LogP contribution in [0.2, 0.25) is 0 Å². The lowest BCUT2D eigenvalue weighted by Crippen LogP contribution is -2.22. The van der Waals surface area contributed by atoms with Gasteiger partial charge in [0.2, 0.25) is 0 Å². The van der Waals surface area contributed by atoms with E-state index < -0.39 is 6.10 Å². The number of hydrogen-bond donors (Lipinski definition) is 0. The largest absolute Gasteiger partial charge is 0.467 e. The van der Waals surface area contributed by atoms with Gasteiger partial charge in [0.1, 0.15) is 0 Å². The minimum atomic E-state index is -0.425. The fourth-order valence-corrected chi connectivity index (χ4v) is 1.20. The first kappa shape index (κ1) is 13.4. The molecule has 0 N–H and O–H groups in total. The molecule has 0 aromatic heterocycles. The van der Waals surface area contributed by atoms with Gasteiger partial charge in [0.05, 0.1) is 7.11 Å². The Hall–Kier alpha value is -0.570. The molecule has 0 radical (unpaired) electrons. The van der Waals surface area contributed by atoms with E-state index in [1.807, 2.05) is 0 Å². The van der Waals surface area contributed by atoms with Crippen LogP contribution in [0.15, 0.2) is 0 Å². The summed E-state index contributed by atoms with van der Waals surface area (Å²) in [6.45, 7) is 4.56. The fraction of sp³-hybridized carbons (Fsp3) is 0.909. The molecule has 0 unspecified atom stereocenters. The van der Waals surface area contributed by atoms with Crippen molar-refractivity contribution < 1.29 is 14.3 Å². The van der Waals surface area contributed by atoms with Gasteiger partial charge in [-0.1, -0.05) is 32.6 Å². The molecule has 0 aromatic carbocycles. The summed E-state index contributed by atoms with van der Waals surface area (Å²) in [5.41, 5.74) is 0. The average Bonchev–Trinajstić information content (AvgIpc) is 2.21. The van der Waals surface area contributed by atoms with Crippen molar-refractivity contribution in [2.45, 2.75) is 52.1 Å². The van der Waals surface area contributed by atoms with Crippen molar-refractivity contribution >= 4 is 5.97 Å². The van der Waals surface area contributed by atoms with Crippen LogP contribution in [0, 0.1) is 0 Å². The van der Waals surface area contributed by atoms with E-state index in [-0.39, 0.29) is 5.97 Å². The van der Waals surface area contributed by atoms with Gasteiger partial charge in [0.15, 0.2) is 6.10 Å². The highest BCUT2D eigenvalue weighted by molar-refractivity contribution is 5.73. The second-order valence-corrected chi connectivity index (χ2v) is 3.45. The number of hydrogen-bond acceptors (Lipinski definition) is 3. The molecule has 0 aliphatic rings. The third kappa shape index (κ3) is 6.89. The zero-order chi connectivity index (χ0) is 10.8. The number of methoxy groups -OCH3 is 1. The van der Waals surface area contributed by atoms with Crippen LogP contribution in [-0.4, -0.2) is 25.8 Å². The Morgan fingerprint density at radius 3 is 2.43 bits per heavy atom. The summed E-state index contributed by atoms with van der Waals surface area (Å²) < 4.78 is 9.84. The van der Waals surface area contributed by atoms with Crippen LogP contribution in [0.3, 0.4) is 0 Å². The molecular weight excluding hydrogens is 180 g/mol. The van der Waals surface area contributed by atoms with Gasteiger partial charge < -0.3 is 9.47 Å². The molecule has 0 fully saturated rings. The van der Waals surface area contributed by atoms with Gasteiger partial charge in [-0.2, -0.15) is 0 Å². The Morgan fingerprint density at radius 2 is 1.86 bits per heavy atom. The smallest absolute Gasteiger partial charge is 0.334 e. The summed E-state index contributed by atoms with van der Waals surface area (Å²) in [6, 6.07) is 0. The number of ether oxygens (including phenoxy) is 2. The second-order valence-electron chi connectivity index (χ2n) is 3.45. The maximum atomic E-state index is 10.9. The summed E-state index contributed by atoms with van der Waals surface area (Å²) in [7, 11) is 1.38. The van der Waals surface area contributed by atoms with Crippen LogP contribution in [0.1, 0.15) is 46.0 Å². The van der Waals surface area contributed by atoms with Gasteiger partial charge in [-0.15, -0.1) is 0 Å². The van der Waals surface area contributed by atoms with Gasteiger partial charge >= 0.3 is 5.97 Å². The predicted octanol–water partition coefficient (Wildman–Crippen LogP) is 2.53. The van der Waals surface area contributed by atoms with E-state index in [9.17, 15) is 4.79 Å². The molecule has 1 atom stereocenters. The van der Waals surface area contributed by atoms with Gasteiger partial charge in [-0.25, -0.2) is 4.79 Å². The number of carbonyl (C=O) groups excluding carboxylic acids is 1. The third-order valence-electron chi connectivity index (χ3n) is 2.15. The number of carbonyl (C=O) groups is 1. The zero-order valence-electron chi connectivity index (χ0n) is 9.54. The van der Waals surface area contributed by atoms with Crippen molar-refractivity contribution in [3.05, 3.63) is 0 Å². The van der Waals surface area contributed by atoms with E-state index >= 15 is 0 Å². The van der Waals surface area contributed by atoms with Crippen LogP contribution in [-0.2, 0) is 14.3 Å². The minimum absolute atomic E-state index is 0.293. The van der Waals surface area contributed by atoms with Gasteiger partial charge in [0.25, 0.3) is 0 Å². The normalized spacial score (nSPS) is 12.5. The van der Waals surface area contributed by atoms with Crippen molar-refractivity contribution in [3.8, 4) is 0 Å². The molecule has 3 heteroatoms. The van der Waals surface area contributed by atoms with Crippen molar-refractivity contribution in [1.82, 2.24) is 0 Å². The summed E-state index contributed by atoms with van der Waals surface area (Å²) in [4.78, 5) is 10.9. The minimum Gasteiger partial charge on any atom is -0.467 e. The zero-order valence-corrected chi connectivity index (χ0v) is 9.54. The first-order chi connectivity index (χ1) is 6.72. The van der Waals surface area contributed by atoms with Crippen LogP contribution < -0.4 is 0 Å². The van der Waals surface area contributed by atoms with E-state index in [1.54, 1.807) is 6.92 Å². The quantitative estimate of drug-likeness (QED) is 0.448. The van der Waals surface area contributed by atoms with Crippen molar-refractivity contribution in [2.75, 3.05) is 13.7 Å². The lowest BCUT2D eigenvalue weighted by molar-refractivity contribution is -0.152. The van der Waals surface area contributed by atoms with Crippen molar-refractivity contribution in [1.29, 1.82) is 0 Å². The molecule has 0 rings (SSSR count). The molecule has 14 heavy (non-hydrogen) atoms. The third-order valence-corrected chi connectivity index (χ3v) is 2.15.